The van der Waals surface area contributed by atoms with E-state index in [2.05, 4.69) is 32.9 Å². The largest absolute Gasteiger partial charge is 0.484 e. The fourth-order valence-electron chi connectivity index (χ4n) is 2.69. The number of unbranched alkanes of at least 4 members (excludes halogenated alkanes) is 5. The van der Waals surface area contributed by atoms with Crippen LogP contribution in [0.15, 0.2) is 12.1 Å². The van der Waals surface area contributed by atoms with E-state index in [1.165, 1.54) is 60.8 Å². The Balaban J connectivity index is 1.83. The van der Waals surface area contributed by atoms with Crippen molar-refractivity contribution in [2.45, 2.75) is 78.1 Å². The summed E-state index contributed by atoms with van der Waals surface area (Å²) in [6.45, 7) is 7.76. The Morgan fingerprint density at radius 1 is 0.909 bits per heavy atom. The molecule has 0 aliphatic rings. The molecular formula is C19H30OS2. The lowest BCUT2D eigenvalue weighted by atomic mass is 10.0. The van der Waals surface area contributed by atoms with Gasteiger partial charge in [-0.05, 0) is 24.8 Å². The van der Waals surface area contributed by atoms with Crippen molar-refractivity contribution in [1.29, 1.82) is 0 Å². The molecule has 1 atom stereocenters. The van der Waals surface area contributed by atoms with E-state index in [1.807, 2.05) is 22.7 Å². The topological polar surface area (TPSA) is 9.23 Å². The van der Waals surface area contributed by atoms with Crippen LogP contribution in [0.2, 0.25) is 0 Å². The number of rotatable bonds is 11. The maximum Gasteiger partial charge on any atom is 0.175 e. The summed E-state index contributed by atoms with van der Waals surface area (Å²) in [6, 6.07) is 4.64. The lowest BCUT2D eigenvalue weighted by Crippen LogP contribution is -1.95. The maximum atomic E-state index is 5.90. The van der Waals surface area contributed by atoms with Crippen LogP contribution in [-0.4, -0.2) is 6.61 Å². The molecule has 0 amide bonds. The predicted octanol–water partition coefficient (Wildman–Crippen LogP) is 7.61. The van der Waals surface area contributed by atoms with Gasteiger partial charge >= 0.3 is 0 Å². The zero-order valence-electron chi connectivity index (χ0n) is 14.3. The number of fused-ring (bicyclic) bond motifs is 1. The van der Waals surface area contributed by atoms with E-state index in [0.29, 0.717) is 5.92 Å². The molecule has 0 fully saturated rings. The Hall–Kier alpha value is -0.540. The van der Waals surface area contributed by atoms with Crippen molar-refractivity contribution in [1.82, 2.24) is 0 Å². The van der Waals surface area contributed by atoms with Gasteiger partial charge in [0.15, 0.2) is 5.06 Å². The second kappa shape index (κ2) is 9.57. The van der Waals surface area contributed by atoms with Crippen LogP contribution in [0.1, 0.15) is 82.9 Å². The molecule has 2 aromatic heterocycles. The van der Waals surface area contributed by atoms with Crippen molar-refractivity contribution >= 4 is 32.1 Å². The molecule has 0 saturated heterocycles. The molecule has 0 N–H and O–H groups in total. The third-order valence-corrected chi connectivity index (χ3v) is 6.61. The van der Waals surface area contributed by atoms with Crippen molar-refractivity contribution in [3.05, 3.63) is 17.0 Å². The summed E-state index contributed by atoms with van der Waals surface area (Å²) in [5, 5.41) is 1.10. The maximum absolute atomic E-state index is 5.90. The highest BCUT2D eigenvalue weighted by Crippen LogP contribution is 2.40. The smallest absolute Gasteiger partial charge is 0.175 e. The Bertz CT molecular complexity index is 509. The van der Waals surface area contributed by atoms with Crippen molar-refractivity contribution in [3.8, 4) is 5.06 Å². The van der Waals surface area contributed by atoms with Gasteiger partial charge in [0.05, 0.1) is 6.61 Å². The molecule has 0 radical (unpaired) electrons. The summed E-state index contributed by atoms with van der Waals surface area (Å²) in [7, 11) is 0. The lowest BCUT2D eigenvalue weighted by Gasteiger charge is -2.08. The van der Waals surface area contributed by atoms with Crippen LogP contribution in [0.4, 0.5) is 0 Å². The van der Waals surface area contributed by atoms with E-state index in [0.717, 1.165) is 11.7 Å². The molecule has 0 spiro atoms. The van der Waals surface area contributed by atoms with Gasteiger partial charge in [-0.2, -0.15) is 0 Å². The minimum Gasteiger partial charge on any atom is -0.484 e. The first kappa shape index (κ1) is 17.8. The van der Waals surface area contributed by atoms with Gasteiger partial charge in [-0.15, -0.1) is 11.3 Å². The van der Waals surface area contributed by atoms with Gasteiger partial charge in [-0.3, -0.25) is 0 Å². The fourth-order valence-corrected chi connectivity index (χ4v) is 5.05. The molecule has 0 aromatic carbocycles. The van der Waals surface area contributed by atoms with Crippen LogP contribution >= 0.6 is 22.7 Å². The van der Waals surface area contributed by atoms with E-state index in [9.17, 15) is 0 Å². The molecule has 1 unspecified atom stereocenters. The molecule has 0 bridgehead atoms. The van der Waals surface area contributed by atoms with Crippen LogP contribution < -0.4 is 4.74 Å². The summed E-state index contributed by atoms with van der Waals surface area (Å²) >= 11 is 3.78. The lowest BCUT2D eigenvalue weighted by molar-refractivity contribution is 0.314. The minimum absolute atomic E-state index is 0.703. The average Bonchev–Trinajstić information content (AvgIpc) is 3.05. The van der Waals surface area contributed by atoms with Crippen LogP contribution in [0.3, 0.4) is 0 Å². The van der Waals surface area contributed by atoms with Crippen molar-refractivity contribution in [2.75, 3.05) is 6.61 Å². The average molecular weight is 339 g/mol. The summed E-state index contributed by atoms with van der Waals surface area (Å²) < 4.78 is 8.72. The van der Waals surface area contributed by atoms with Crippen molar-refractivity contribution < 1.29 is 4.74 Å². The molecule has 124 valence electrons. The van der Waals surface area contributed by atoms with Crippen LogP contribution in [0, 0.1) is 0 Å². The zero-order valence-corrected chi connectivity index (χ0v) is 16.0. The van der Waals surface area contributed by atoms with E-state index in [1.54, 1.807) is 4.88 Å². The number of thiophene rings is 2. The van der Waals surface area contributed by atoms with Crippen molar-refractivity contribution in [3.63, 3.8) is 0 Å². The molecule has 0 aliphatic carbocycles. The summed E-state index contributed by atoms with van der Waals surface area (Å²) in [5.74, 6) is 0.703. The van der Waals surface area contributed by atoms with E-state index in [-0.39, 0.29) is 0 Å². The fraction of sp³-hybridized carbons (Fsp3) is 0.684. The third-order valence-electron chi connectivity index (χ3n) is 4.17. The predicted molar refractivity (Wildman–Crippen MR) is 102 cm³/mol. The molecule has 2 aromatic rings. The van der Waals surface area contributed by atoms with E-state index in [4.69, 9.17) is 4.74 Å². The SMILES string of the molecule is CCCCCCOc1cc2sc(C(C)CCCCC)cc2s1. The minimum atomic E-state index is 0.703. The van der Waals surface area contributed by atoms with Crippen LogP contribution in [0.5, 0.6) is 5.06 Å². The van der Waals surface area contributed by atoms with E-state index >= 15 is 0 Å². The highest BCUT2D eigenvalue weighted by Gasteiger charge is 2.12. The Morgan fingerprint density at radius 2 is 1.64 bits per heavy atom. The summed E-state index contributed by atoms with van der Waals surface area (Å²) in [6.07, 6.45) is 10.4. The van der Waals surface area contributed by atoms with Gasteiger partial charge in [-0.1, -0.05) is 70.6 Å². The van der Waals surface area contributed by atoms with Crippen LogP contribution in [0.25, 0.3) is 9.40 Å². The number of ether oxygens (including phenoxy) is 1. The van der Waals surface area contributed by atoms with Gasteiger partial charge in [-0.25, -0.2) is 0 Å². The third kappa shape index (κ3) is 5.27. The number of hydrogen-bond donors (Lipinski definition) is 0. The number of hydrogen-bond acceptors (Lipinski definition) is 3. The summed E-state index contributed by atoms with van der Waals surface area (Å²) in [4.78, 5) is 1.55. The van der Waals surface area contributed by atoms with Gasteiger partial charge in [0, 0.05) is 20.3 Å². The first-order valence-corrected chi connectivity index (χ1v) is 10.5. The van der Waals surface area contributed by atoms with Crippen molar-refractivity contribution in [2.24, 2.45) is 0 Å². The zero-order chi connectivity index (χ0) is 15.8. The standard InChI is InChI=1S/C19H30OS2/c1-4-6-8-10-12-20-19-14-18-17(22-19)13-16(21-18)15(3)11-9-7-5-2/h13-15H,4-12H2,1-3H3. The molecule has 2 rings (SSSR count). The molecule has 0 saturated carbocycles. The Morgan fingerprint density at radius 3 is 2.36 bits per heavy atom. The second-order valence-electron chi connectivity index (χ2n) is 6.25. The quantitative estimate of drug-likeness (QED) is 0.383. The van der Waals surface area contributed by atoms with Gasteiger partial charge < -0.3 is 4.74 Å². The van der Waals surface area contributed by atoms with Gasteiger partial charge in [0.25, 0.3) is 0 Å². The van der Waals surface area contributed by atoms with Gasteiger partial charge in [0.2, 0.25) is 0 Å². The highest BCUT2D eigenvalue weighted by atomic mass is 32.1. The Kier molecular flexibility index (Phi) is 7.74. The monoisotopic (exact) mass is 338 g/mol. The normalized spacial score (nSPS) is 12.9. The molecule has 0 aliphatic heterocycles. The highest BCUT2D eigenvalue weighted by molar-refractivity contribution is 7.28. The summed E-state index contributed by atoms with van der Waals surface area (Å²) in [5.41, 5.74) is 0. The molecule has 2 heterocycles. The Labute approximate surface area is 143 Å². The first-order valence-electron chi connectivity index (χ1n) is 8.90. The molecule has 1 nitrogen and oxygen atoms in total. The van der Waals surface area contributed by atoms with Crippen LogP contribution in [-0.2, 0) is 0 Å². The first-order chi connectivity index (χ1) is 10.7. The van der Waals surface area contributed by atoms with E-state index < -0.39 is 0 Å². The second-order valence-corrected chi connectivity index (χ2v) is 8.41. The molecule has 3 heteroatoms. The van der Waals surface area contributed by atoms with Gasteiger partial charge in [0.1, 0.15) is 0 Å². The molecular weight excluding hydrogens is 308 g/mol. The molecule has 22 heavy (non-hydrogen) atoms.